The van der Waals surface area contributed by atoms with Crippen molar-refractivity contribution in [2.75, 3.05) is 20.7 Å². The molecule has 0 aliphatic heterocycles. The van der Waals surface area contributed by atoms with Crippen molar-refractivity contribution in [2.45, 2.75) is 19.4 Å². The summed E-state index contributed by atoms with van der Waals surface area (Å²) < 4.78 is 5.15. The van der Waals surface area contributed by atoms with Gasteiger partial charge in [0.15, 0.2) is 0 Å². The fraction of sp³-hybridized carbons (Fsp3) is 0.538. The molecule has 96 valence electrons. The minimum Gasteiger partial charge on any atom is -0.497 e. The predicted molar refractivity (Wildman–Crippen MR) is 72.6 cm³/mol. The number of hydrogen-bond donors (Lipinski definition) is 2. The van der Waals surface area contributed by atoms with Crippen LogP contribution in [0.1, 0.15) is 24.9 Å². The Labute approximate surface area is 108 Å². The van der Waals surface area contributed by atoms with Crippen molar-refractivity contribution >= 4 is 11.6 Å². The Hall–Kier alpha value is -0.770. The van der Waals surface area contributed by atoms with Crippen LogP contribution in [0.3, 0.4) is 0 Å². The number of nitrogens with one attached hydrogen (secondary N) is 1. The first kappa shape index (κ1) is 14.3. The molecule has 0 aromatic heterocycles. The molecule has 3 nitrogen and oxygen atoms in total. The SMILES string of the molecule is CNC(c1ccc(OC)cc1Cl)C(C)CCN. The van der Waals surface area contributed by atoms with Crippen LogP contribution in [-0.4, -0.2) is 20.7 Å². The van der Waals surface area contributed by atoms with E-state index in [1.54, 1.807) is 7.11 Å². The van der Waals surface area contributed by atoms with Crippen LogP contribution >= 0.6 is 11.6 Å². The van der Waals surface area contributed by atoms with Gasteiger partial charge in [-0.1, -0.05) is 24.6 Å². The molecule has 0 heterocycles. The van der Waals surface area contributed by atoms with E-state index >= 15 is 0 Å². The molecule has 2 atom stereocenters. The van der Waals surface area contributed by atoms with Crippen molar-refractivity contribution in [1.29, 1.82) is 0 Å². The second-order valence-electron chi connectivity index (χ2n) is 4.21. The molecule has 1 aromatic carbocycles. The summed E-state index contributed by atoms with van der Waals surface area (Å²) in [5.74, 6) is 1.22. The molecular weight excluding hydrogens is 236 g/mol. The smallest absolute Gasteiger partial charge is 0.120 e. The summed E-state index contributed by atoms with van der Waals surface area (Å²) in [5, 5.41) is 4.03. The number of rotatable bonds is 6. The van der Waals surface area contributed by atoms with Gasteiger partial charge in [-0.25, -0.2) is 0 Å². The topological polar surface area (TPSA) is 47.3 Å². The van der Waals surface area contributed by atoms with E-state index < -0.39 is 0 Å². The van der Waals surface area contributed by atoms with E-state index in [-0.39, 0.29) is 6.04 Å². The van der Waals surface area contributed by atoms with Crippen LogP contribution in [0.5, 0.6) is 5.75 Å². The third-order valence-corrected chi connectivity index (χ3v) is 3.37. The quantitative estimate of drug-likeness (QED) is 0.823. The summed E-state index contributed by atoms with van der Waals surface area (Å²) in [6, 6.07) is 6.00. The van der Waals surface area contributed by atoms with E-state index in [0.29, 0.717) is 12.5 Å². The standard InChI is InChI=1S/C13H21ClN2O/c1-9(6-7-15)13(16-2)11-5-4-10(17-3)8-12(11)14/h4-5,8-9,13,16H,6-7,15H2,1-3H3. The number of ether oxygens (including phenoxy) is 1. The Kier molecular flexibility index (Phi) is 5.75. The normalized spacial score (nSPS) is 14.4. The molecule has 0 fully saturated rings. The lowest BCUT2D eigenvalue weighted by Crippen LogP contribution is -2.25. The minimum absolute atomic E-state index is 0.219. The number of nitrogens with two attached hydrogens (primary N) is 1. The second-order valence-corrected chi connectivity index (χ2v) is 4.62. The maximum absolute atomic E-state index is 6.27. The highest BCUT2D eigenvalue weighted by Gasteiger charge is 2.19. The van der Waals surface area contributed by atoms with Crippen molar-refractivity contribution in [3.05, 3.63) is 28.8 Å². The summed E-state index contributed by atoms with van der Waals surface area (Å²) in [7, 11) is 3.58. The maximum atomic E-state index is 6.27. The number of benzene rings is 1. The number of halogens is 1. The van der Waals surface area contributed by atoms with Crippen LogP contribution in [-0.2, 0) is 0 Å². The van der Waals surface area contributed by atoms with E-state index in [4.69, 9.17) is 22.1 Å². The van der Waals surface area contributed by atoms with Gasteiger partial charge in [0.2, 0.25) is 0 Å². The fourth-order valence-electron chi connectivity index (χ4n) is 2.06. The van der Waals surface area contributed by atoms with Gasteiger partial charge in [0.25, 0.3) is 0 Å². The van der Waals surface area contributed by atoms with Gasteiger partial charge >= 0.3 is 0 Å². The van der Waals surface area contributed by atoms with Crippen LogP contribution in [0.25, 0.3) is 0 Å². The van der Waals surface area contributed by atoms with Crippen molar-refractivity contribution in [1.82, 2.24) is 5.32 Å². The minimum atomic E-state index is 0.219. The molecule has 0 saturated carbocycles. The first-order valence-corrected chi connectivity index (χ1v) is 6.22. The maximum Gasteiger partial charge on any atom is 0.120 e. The lowest BCUT2D eigenvalue weighted by molar-refractivity contribution is 0.389. The zero-order valence-electron chi connectivity index (χ0n) is 10.7. The van der Waals surface area contributed by atoms with Crippen LogP contribution < -0.4 is 15.8 Å². The number of hydrogen-bond acceptors (Lipinski definition) is 3. The average Bonchev–Trinajstić information content (AvgIpc) is 2.32. The second kappa shape index (κ2) is 6.84. The van der Waals surface area contributed by atoms with Crippen molar-refractivity contribution in [3.8, 4) is 5.75 Å². The van der Waals surface area contributed by atoms with Gasteiger partial charge < -0.3 is 15.8 Å². The molecule has 0 aliphatic rings. The Bertz CT molecular complexity index is 357. The van der Waals surface area contributed by atoms with E-state index in [1.807, 2.05) is 25.2 Å². The monoisotopic (exact) mass is 256 g/mol. The Balaban J connectivity index is 2.95. The molecule has 2 unspecified atom stereocenters. The first-order chi connectivity index (χ1) is 8.13. The molecule has 17 heavy (non-hydrogen) atoms. The molecule has 0 saturated heterocycles. The van der Waals surface area contributed by atoms with Gasteiger partial charge in [-0.3, -0.25) is 0 Å². The Morgan fingerprint density at radius 3 is 2.65 bits per heavy atom. The average molecular weight is 257 g/mol. The van der Waals surface area contributed by atoms with Crippen molar-refractivity contribution < 1.29 is 4.74 Å². The zero-order chi connectivity index (χ0) is 12.8. The van der Waals surface area contributed by atoms with Gasteiger partial charge in [-0.05, 0) is 43.6 Å². The predicted octanol–water partition coefficient (Wildman–Crippen LogP) is 2.59. The largest absolute Gasteiger partial charge is 0.497 e. The van der Waals surface area contributed by atoms with Crippen LogP contribution in [0, 0.1) is 5.92 Å². The highest BCUT2D eigenvalue weighted by atomic mass is 35.5. The highest BCUT2D eigenvalue weighted by Crippen LogP contribution is 2.32. The molecular formula is C13H21ClN2O. The lowest BCUT2D eigenvalue weighted by Gasteiger charge is -2.24. The highest BCUT2D eigenvalue weighted by molar-refractivity contribution is 6.31. The van der Waals surface area contributed by atoms with E-state index in [0.717, 1.165) is 22.8 Å². The lowest BCUT2D eigenvalue weighted by atomic mass is 9.92. The van der Waals surface area contributed by atoms with Crippen molar-refractivity contribution in [3.63, 3.8) is 0 Å². The molecule has 1 aromatic rings. The summed E-state index contributed by atoms with van der Waals surface area (Å²) in [4.78, 5) is 0. The Morgan fingerprint density at radius 1 is 1.47 bits per heavy atom. The summed E-state index contributed by atoms with van der Waals surface area (Å²) >= 11 is 6.27. The van der Waals surface area contributed by atoms with Gasteiger partial charge in [-0.2, -0.15) is 0 Å². The molecule has 4 heteroatoms. The van der Waals surface area contributed by atoms with Gasteiger partial charge in [0.05, 0.1) is 7.11 Å². The van der Waals surface area contributed by atoms with Crippen LogP contribution in [0.4, 0.5) is 0 Å². The molecule has 0 amide bonds. The van der Waals surface area contributed by atoms with E-state index in [2.05, 4.69) is 12.2 Å². The first-order valence-electron chi connectivity index (χ1n) is 5.84. The number of methoxy groups -OCH3 is 1. The third-order valence-electron chi connectivity index (χ3n) is 3.04. The summed E-state index contributed by atoms with van der Waals surface area (Å²) in [6.45, 7) is 2.86. The summed E-state index contributed by atoms with van der Waals surface area (Å²) in [6.07, 6.45) is 0.966. The Morgan fingerprint density at radius 2 is 2.18 bits per heavy atom. The molecule has 0 spiro atoms. The zero-order valence-corrected chi connectivity index (χ0v) is 11.4. The van der Waals surface area contributed by atoms with E-state index in [1.165, 1.54) is 0 Å². The van der Waals surface area contributed by atoms with Gasteiger partial charge in [0.1, 0.15) is 5.75 Å². The van der Waals surface area contributed by atoms with Crippen LogP contribution in [0.15, 0.2) is 18.2 Å². The molecule has 0 radical (unpaired) electrons. The molecule has 3 N–H and O–H groups in total. The molecule has 0 aliphatic carbocycles. The molecule has 0 bridgehead atoms. The molecule has 1 rings (SSSR count). The fourth-order valence-corrected chi connectivity index (χ4v) is 2.35. The third kappa shape index (κ3) is 3.60. The van der Waals surface area contributed by atoms with Crippen molar-refractivity contribution in [2.24, 2.45) is 11.7 Å². The van der Waals surface area contributed by atoms with E-state index in [9.17, 15) is 0 Å². The van der Waals surface area contributed by atoms with Gasteiger partial charge in [0, 0.05) is 11.1 Å². The van der Waals surface area contributed by atoms with Crippen LogP contribution in [0.2, 0.25) is 5.02 Å². The van der Waals surface area contributed by atoms with Gasteiger partial charge in [-0.15, -0.1) is 0 Å². The summed E-state index contributed by atoms with van der Waals surface area (Å²) in [5.41, 5.74) is 6.70.